The zero-order valence-corrected chi connectivity index (χ0v) is 13.0. The highest BCUT2D eigenvalue weighted by Crippen LogP contribution is 2.64. The van der Waals surface area contributed by atoms with E-state index in [-0.39, 0.29) is 0 Å². The molecule has 19 heavy (non-hydrogen) atoms. The summed E-state index contributed by atoms with van der Waals surface area (Å²) in [6.45, 7) is 5.25. The van der Waals surface area contributed by atoms with Gasteiger partial charge in [-0.25, -0.2) is 0 Å². The van der Waals surface area contributed by atoms with E-state index in [4.69, 9.17) is 0 Å². The molecule has 0 nitrogen and oxygen atoms in total. The molecule has 0 aromatic rings. The van der Waals surface area contributed by atoms with Crippen LogP contribution in [0, 0.1) is 40.9 Å². The minimum absolute atomic E-state index is 0.725. The van der Waals surface area contributed by atoms with Gasteiger partial charge in [0, 0.05) is 0 Å². The summed E-state index contributed by atoms with van der Waals surface area (Å²) < 4.78 is 0. The summed E-state index contributed by atoms with van der Waals surface area (Å²) >= 11 is 0. The average Bonchev–Trinajstić information content (AvgIpc) is 2.83. The molecule has 4 fully saturated rings. The number of hydrogen-bond acceptors (Lipinski definition) is 0. The van der Waals surface area contributed by atoms with Gasteiger partial charge in [-0.05, 0) is 79.4 Å². The van der Waals surface area contributed by atoms with Crippen LogP contribution >= 0.6 is 0 Å². The van der Waals surface area contributed by atoms with Gasteiger partial charge < -0.3 is 0 Å². The predicted molar refractivity (Wildman–Crippen MR) is 80.9 cm³/mol. The minimum Gasteiger partial charge on any atom is -0.0620 e. The van der Waals surface area contributed by atoms with Crippen LogP contribution in [0.25, 0.3) is 0 Å². The molecule has 4 aliphatic carbocycles. The minimum atomic E-state index is 0.725. The van der Waals surface area contributed by atoms with Crippen LogP contribution in [0.1, 0.15) is 78.1 Å². The van der Waals surface area contributed by atoms with Gasteiger partial charge in [0.1, 0.15) is 0 Å². The molecule has 0 heterocycles. The molecule has 0 heteroatoms. The highest BCUT2D eigenvalue weighted by molar-refractivity contribution is 5.05. The monoisotopic (exact) mass is 260 g/mol. The fourth-order valence-electron chi connectivity index (χ4n) is 7.16. The third kappa shape index (κ3) is 1.77. The Morgan fingerprint density at radius 2 is 1.63 bits per heavy atom. The van der Waals surface area contributed by atoms with Crippen LogP contribution < -0.4 is 0 Å². The maximum absolute atomic E-state index is 2.65. The summed E-state index contributed by atoms with van der Waals surface area (Å²) in [5, 5.41) is 0. The maximum atomic E-state index is 2.65. The average molecular weight is 260 g/mol. The molecule has 0 bridgehead atoms. The number of rotatable bonds is 0. The largest absolute Gasteiger partial charge is 0.0620 e. The van der Waals surface area contributed by atoms with Crippen molar-refractivity contribution in [3.05, 3.63) is 0 Å². The van der Waals surface area contributed by atoms with Crippen molar-refractivity contribution in [2.75, 3.05) is 0 Å². The van der Waals surface area contributed by atoms with Gasteiger partial charge in [0.15, 0.2) is 0 Å². The Morgan fingerprint density at radius 3 is 2.53 bits per heavy atom. The van der Waals surface area contributed by atoms with Crippen molar-refractivity contribution >= 4 is 0 Å². The summed E-state index contributed by atoms with van der Waals surface area (Å²) in [5.74, 6) is 6.63. The highest BCUT2D eigenvalue weighted by Gasteiger charge is 2.55. The topological polar surface area (TPSA) is 0 Å². The van der Waals surface area contributed by atoms with E-state index in [9.17, 15) is 0 Å². The summed E-state index contributed by atoms with van der Waals surface area (Å²) in [7, 11) is 0. The first-order valence-corrected chi connectivity index (χ1v) is 9.20. The van der Waals surface area contributed by atoms with Gasteiger partial charge >= 0.3 is 0 Å². The lowest BCUT2D eigenvalue weighted by Gasteiger charge is -2.57. The fraction of sp³-hybridized carbons (Fsp3) is 1.00. The van der Waals surface area contributed by atoms with Crippen molar-refractivity contribution in [1.29, 1.82) is 0 Å². The van der Waals surface area contributed by atoms with Crippen molar-refractivity contribution in [3.8, 4) is 0 Å². The molecular weight excluding hydrogens is 228 g/mol. The predicted octanol–water partition coefficient (Wildman–Crippen LogP) is 5.67. The van der Waals surface area contributed by atoms with Gasteiger partial charge in [-0.15, -0.1) is 0 Å². The van der Waals surface area contributed by atoms with E-state index >= 15 is 0 Å². The van der Waals surface area contributed by atoms with E-state index in [1.165, 1.54) is 19.3 Å². The van der Waals surface area contributed by atoms with Crippen LogP contribution in [0.2, 0.25) is 0 Å². The van der Waals surface area contributed by atoms with Crippen molar-refractivity contribution in [2.24, 2.45) is 40.9 Å². The van der Waals surface area contributed by atoms with Gasteiger partial charge in [-0.2, -0.15) is 0 Å². The van der Waals surface area contributed by atoms with E-state index in [0.29, 0.717) is 0 Å². The smallest absolute Gasteiger partial charge is 0.0269 e. The van der Waals surface area contributed by atoms with E-state index in [2.05, 4.69) is 13.8 Å². The molecule has 0 aliphatic heterocycles. The molecule has 0 N–H and O–H groups in total. The van der Waals surface area contributed by atoms with E-state index in [1.54, 1.807) is 44.9 Å². The Morgan fingerprint density at radius 1 is 0.789 bits per heavy atom. The van der Waals surface area contributed by atoms with E-state index < -0.39 is 0 Å². The lowest BCUT2D eigenvalue weighted by atomic mass is 9.48. The normalized spacial score (nSPS) is 57.2. The Kier molecular flexibility index (Phi) is 3.01. The second-order valence-corrected chi connectivity index (χ2v) is 8.75. The van der Waals surface area contributed by atoms with Crippen LogP contribution in [0.5, 0.6) is 0 Å². The fourth-order valence-corrected chi connectivity index (χ4v) is 7.16. The Hall–Kier alpha value is 0. The molecule has 4 rings (SSSR count). The molecule has 0 amide bonds. The van der Waals surface area contributed by atoms with Crippen molar-refractivity contribution in [2.45, 2.75) is 78.1 Å². The summed E-state index contributed by atoms with van der Waals surface area (Å²) in [6, 6.07) is 0. The van der Waals surface area contributed by atoms with E-state index in [1.807, 2.05) is 0 Å². The third-order valence-corrected chi connectivity index (χ3v) is 8.28. The van der Waals surface area contributed by atoms with Crippen LogP contribution in [0.4, 0.5) is 0 Å². The van der Waals surface area contributed by atoms with Gasteiger partial charge in [0.25, 0.3) is 0 Å². The molecule has 108 valence electrons. The highest BCUT2D eigenvalue weighted by atomic mass is 14.6. The second-order valence-electron chi connectivity index (χ2n) is 8.75. The van der Waals surface area contributed by atoms with Crippen LogP contribution in [0.15, 0.2) is 0 Å². The lowest BCUT2D eigenvalue weighted by molar-refractivity contribution is -0.0788. The molecule has 4 aliphatic rings. The molecule has 0 saturated heterocycles. The number of fused-ring (bicyclic) bond motifs is 5. The van der Waals surface area contributed by atoms with Crippen LogP contribution in [0.3, 0.4) is 0 Å². The van der Waals surface area contributed by atoms with Crippen molar-refractivity contribution in [1.82, 2.24) is 0 Å². The Balaban J connectivity index is 1.62. The quantitative estimate of drug-likeness (QED) is 0.527. The van der Waals surface area contributed by atoms with E-state index in [0.717, 1.165) is 40.9 Å². The van der Waals surface area contributed by atoms with Crippen LogP contribution in [-0.4, -0.2) is 0 Å². The van der Waals surface area contributed by atoms with Gasteiger partial charge in [0.2, 0.25) is 0 Å². The molecule has 4 saturated carbocycles. The Bertz CT molecular complexity index is 346. The molecule has 2 unspecified atom stereocenters. The Labute approximate surface area is 119 Å². The molecule has 0 aromatic carbocycles. The molecule has 7 atom stereocenters. The van der Waals surface area contributed by atoms with Gasteiger partial charge in [-0.3, -0.25) is 0 Å². The first kappa shape index (κ1) is 12.7. The molecule has 0 aromatic heterocycles. The first-order valence-electron chi connectivity index (χ1n) is 9.20. The summed E-state index contributed by atoms with van der Waals surface area (Å²) in [4.78, 5) is 0. The second kappa shape index (κ2) is 4.50. The standard InChI is InChI=1S/C19H32/c1-13-12-17-15-7-4-3-6-14(15)9-10-16(17)18-8-5-11-19(13,18)2/h13-18H,3-12H2,1-2H3/t13?,14?,15-,16+,17+,18-,19-/m0/s1. The molecule has 0 radical (unpaired) electrons. The van der Waals surface area contributed by atoms with Crippen LogP contribution in [-0.2, 0) is 0 Å². The first-order chi connectivity index (χ1) is 9.20. The third-order valence-electron chi connectivity index (χ3n) is 8.28. The van der Waals surface area contributed by atoms with Crippen molar-refractivity contribution < 1.29 is 0 Å². The number of hydrogen-bond donors (Lipinski definition) is 0. The molecule has 0 spiro atoms. The van der Waals surface area contributed by atoms with Crippen molar-refractivity contribution in [3.63, 3.8) is 0 Å². The molecular formula is C19H32. The summed E-state index contributed by atoms with van der Waals surface area (Å²) in [6.07, 6.45) is 15.6. The lowest BCUT2D eigenvalue weighted by Crippen LogP contribution is -2.49. The van der Waals surface area contributed by atoms with Gasteiger partial charge in [0.05, 0.1) is 0 Å². The SMILES string of the molecule is CC1C[C@H]2[C@@H](CCC3CCCC[C@@H]32)[C@@H]2CCC[C@@]12C. The van der Waals surface area contributed by atoms with Gasteiger partial charge in [-0.1, -0.05) is 39.5 Å². The zero-order chi connectivity index (χ0) is 13.0. The zero-order valence-electron chi connectivity index (χ0n) is 13.0. The summed E-state index contributed by atoms with van der Waals surface area (Å²) in [5.41, 5.74) is 0.725. The maximum Gasteiger partial charge on any atom is -0.0269 e.